The molecule has 4 nitrogen and oxygen atoms in total. The molecular weight excluding hydrogens is 597 g/mol. The first kappa shape index (κ1) is 27.2. The fraction of sp³-hybridized carbons (Fsp3) is 1.00. The van der Waals surface area contributed by atoms with Gasteiger partial charge in [-0.05, 0) is 21.8 Å². The molecule has 134 valence electrons. The number of rotatable bonds is 11. The summed E-state index contributed by atoms with van der Waals surface area (Å²) in [5.74, 6) is 0. The van der Waals surface area contributed by atoms with E-state index in [0.29, 0.717) is 20.8 Å². The van der Waals surface area contributed by atoms with Gasteiger partial charge < -0.3 is 19.6 Å². The minimum atomic E-state index is -3.24. The second-order valence-electron chi connectivity index (χ2n) is 2.60. The summed E-state index contributed by atoms with van der Waals surface area (Å²) < 4.78 is -12.3. The van der Waals surface area contributed by atoms with E-state index in [4.69, 9.17) is 47.2 Å². The second kappa shape index (κ2) is 12.1. The van der Waals surface area contributed by atoms with Crippen LogP contribution in [-0.2, 0) is 47.2 Å². The standard InChI is InChI=1S/C2H10O4P4S12/c1-15-7(3,11)17-19-9(5,13)21-22-10(6,14)20-18-8(4,12)16-2/h1-2H3,(H,3,11)(H,4,12)(H,5,13)(H,6,14)/p-4. The van der Waals surface area contributed by atoms with Crippen molar-refractivity contribution >= 4 is 151 Å². The van der Waals surface area contributed by atoms with Gasteiger partial charge in [0.05, 0.1) is 0 Å². The van der Waals surface area contributed by atoms with Crippen LogP contribution in [0.4, 0.5) is 0 Å². The maximum absolute atomic E-state index is 12.1. The van der Waals surface area contributed by atoms with E-state index in [2.05, 4.69) is 0 Å². The third-order valence-electron chi connectivity index (χ3n) is 1.09. The summed E-state index contributed by atoms with van der Waals surface area (Å²) in [6, 6.07) is 0. The van der Waals surface area contributed by atoms with Crippen LogP contribution in [0.5, 0.6) is 0 Å². The molecule has 4 atom stereocenters. The van der Waals surface area contributed by atoms with Crippen molar-refractivity contribution in [2.24, 2.45) is 0 Å². The third-order valence-corrected chi connectivity index (χ3v) is 52.0. The second-order valence-corrected chi connectivity index (χ2v) is 47.6. The van der Waals surface area contributed by atoms with Crippen LogP contribution in [0.1, 0.15) is 0 Å². The van der Waals surface area contributed by atoms with Gasteiger partial charge in [-0.3, -0.25) is 0 Å². The van der Waals surface area contributed by atoms with E-state index in [1.54, 1.807) is 12.5 Å². The molecule has 0 radical (unpaired) electrons. The zero-order chi connectivity index (χ0) is 17.7. The lowest BCUT2D eigenvalue weighted by atomic mass is 12.0. The lowest BCUT2D eigenvalue weighted by molar-refractivity contribution is -0.150. The van der Waals surface area contributed by atoms with Gasteiger partial charge >= 0.3 is 0 Å². The van der Waals surface area contributed by atoms with Crippen LogP contribution in [0, 0.1) is 0 Å². The predicted molar refractivity (Wildman–Crippen MR) is 130 cm³/mol. The van der Waals surface area contributed by atoms with E-state index < -0.39 is 18.7 Å². The van der Waals surface area contributed by atoms with Crippen LogP contribution in [-0.4, -0.2) is 12.5 Å². The van der Waals surface area contributed by atoms with Gasteiger partial charge in [0, 0.05) is 9.34 Å². The molecule has 0 aromatic rings. The normalized spacial score (nSPS) is 23.0. The van der Waals surface area contributed by atoms with Crippen molar-refractivity contribution in [3.05, 3.63) is 0 Å². The van der Waals surface area contributed by atoms with Gasteiger partial charge in [-0.15, -0.1) is 22.8 Å². The Balaban J connectivity index is 4.45. The summed E-state index contributed by atoms with van der Waals surface area (Å²) >= 11 is 21.5. The highest BCUT2D eigenvalue weighted by Crippen LogP contribution is 2.86. The van der Waals surface area contributed by atoms with Crippen molar-refractivity contribution in [2.75, 3.05) is 12.5 Å². The van der Waals surface area contributed by atoms with Crippen molar-refractivity contribution in [2.45, 2.75) is 0 Å². The molecule has 20 heteroatoms. The molecule has 0 aromatic carbocycles. The van der Waals surface area contributed by atoms with E-state index in [-0.39, 0.29) is 0 Å². The van der Waals surface area contributed by atoms with E-state index in [0.717, 1.165) is 64.4 Å². The summed E-state index contributed by atoms with van der Waals surface area (Å²) in [5, 5.41) is 0. The molecule has 0 fully saturated rings. The average molecular weight is 603 g/mol. The largest absolute Gasteiger partial charge is 0.805 e. The molecule has 0 rings (SSSR count). The molecule has 0 heterocycles. The smallest absolute Gasteiger partial charge is 0.00538 e. The Morgan fingerprint density at radius 3 is 0.864 bits per heavy atom. The lowest BCUT2D eigenvalue weighted by Crippen LogP contribution is -1.94. The topological polar surface area (TPSA) is 92.2 Å². The third kappa shape index (κ3) is 14.3. The minimum Gasteiger partial charge on any atom is -0.805 e. The summed E-state index contributed by atoms with van der Waals surface area (Å²) in [5.41, 5.74) is 0. The first-order valence-corrected chi connectivity index (χ1v) is 28.9. The first-order valence-electron chi connectivity index (χ1n) is 4.24. The lowest BCUT2D eigenvalue weighted by Gasteiger charge is -2.34. The van der Waals surface area contributed by atoms with Gasteiger partial charge in [0.25, 0.3) is 0 Å². The monoisotopic (exact) mass is 602 g/mol. The Hall–Kier alpha value is 5.24. The molecule has 0 aromatic heterocycles. The van der Waals surface area contributed by atoms with Gasteiger partial charge in [0.1, 0.15) is 0 Å². The zero-order valence-electron chi connectivity index (χ0n) is 10.3. The molecule has 0 aliphatic rings. The molecule has 0 N–H and O–H groups in total. The molecule has 0 amide bonds. The van der Waals surface area contributed by atoms with E-state index >= 15 is 0 Å². The van der Waals surface area contributed by atoms with Crippen molar-refractivity contribution in [1.82, 2.24) is 0 Å². The van der Waals surface area contributed by atoms with Crippen molar-refractivity contribution in [3.63, 3.8) is 0 Å². The molecule has 0 aliphatic heterocycles. The van der Waals surface area contributed by atoms with Crippen molar-refractivity contribution < 1.29 is 19.6 Å². The van der Waals surface area contributed by atoms with Gasteiger partial charge in [0.2, 0.25) is 0 Å². The van der Waals surface area contributed by atoms with Gasteiger partial charge in [-0.2, -0.15) is 0 Å². The summed E-state index contributed by atoms with van der Waals surface area (Å²) in [6.45, 7) is 0. The molecule has 22 heavy (non-hydrogen) atoms. The number of hydrogen-bond acceptors (Lipinski definition) is 16. The highest BCUT2D eigenvalue weighted by Gasteiger charge is 2.15. The Morgan fingerprint density at radius 1 is 0.500 bits per heavy atom. The molecule has 0 spiro atoms. The van der Waals surface area contributed by atoms with Gasteiger partial charge in [-0.1, -0.05) is 110 Å². The van der Waals surface area contributed by atoms with E-state index in [1.165, 1.54) is 0 Å². The van der Waals surface area contributed by atoms with Crippen molar-refractivity contribution in [3.8, 4) is 0 Å². The van der Waals surface area contributed by atoms with E-state index in [1.807, 2.05) is 0 Å². The van der Waals surface area contributed by atoms with Crippen LogP contribution in [0.25, 0.3) is 0 Å². The van der Waals surface area contributed by atoms with Crippen LogP contribution in [0.2, 0.25) is 0 Å². The average Bonchev–Trinajstić information content (AvgIpc) is 2.42. The zero-order valence-corrected chi connectivity index (χ0v) is 23.7. The van der Waals surface area contributed by atoms with E-state index in [9.17, 15) is 19.6 Å². The Bertz CT molecular complexity index is 501. The fourth-order valence-electron chi connectivity index (χ4n) is 0.331. The SMILES string of the molecule is CSP([O-])(=S)SSP([O-])(=S)SSP([O-])(=S)SSP([O-])(=S)SC. The summed E-state index contributed by atoms with van der Waals surface area (Å²) in [4.78, 5) is 47.7. The maximum atomic E-state index is 12.1. The minimum absolute atomic E-state index is 0.716. The summed E-state index contributed by atoms with van der Waals surface area (Å²) in [6.07, 6.45) is 3.20. The predicted octanol–water partition coefficient (Wildman–Crippen LogP) is 4.20. The maximum Gasteiger partial charge on any atom is 0.00538 e. The molecular formula is C2H6O4P4S12-4. The van der Waals surface area contributed by atoms with Crippen LogP contribution >= 0.6 is 104 Å². The fourth-order valence-corrected chi connectivity index (χ4v) is 57.3. The highest BCUT2D eigenvalue weighted by atomic mass is 33.8. The molecule has 0 saturated carbocycles. The highest BCUT2D eigenvalue weighted by molar-refractivity contribution is 9.45. The first-order chi connectivity index (χ1) is 9.74. The quantitative estimate of drug-likeness (QED) is 0.250. The van der Waals surface area contributed by atoms with Crippen LogP contribution < -0.4 is 19.6 Å². The molecule has 0 saturated heterocycles. The molecule has 0 aliphatic carbocycles. The Kier molecular flexibility index (Phi) is 14.9. The van der Waals surface area contributed by atoms with Crippen LogP contribution in [0.3, 0.4) is 0 Å². The number of hydrogen-bond donors (Lipinski definition) is 0. The molecule has 4 unspecified atom stereocenters. The molecule has 0 bridgehead atoms. The van der Waals surface area contributed by atoms with Crippen molar-refractivity contribution in [1.29, 1.82) is 0 Å². The van der Waals surface area contributed by atoms with Crippen LogP contribution in [0.15, 0.2) is 0 Å². The Labute approximate surface area is 180 Å². The summed E-state index contributed by atoms with van der Waals surface area (Å²) in [7, 11) is 4.56. The van der Waals surface area contributed by atoms with Gasteiger partial charge in [0.15, 0.2) is 0 Å². The van der Waals surface area contributed by atoms with Gasteiger partial charge in [-0.25, -0.2) is 0 Å². The Morgan fingerprint density at radius 2 is 0.682 bits per heavy atom.